The monoisotopic (exact) mass is 483 g/mol. The molecule has 1 aliphatic heterocycles. The molecule has 0 saturated carbocycles. The predicted molar refractivity (Wildman–Crippen MR) is 132 cm³/mol. The molecular formula is C25H26ClN3O3S. The first-order chi connectivity index (χ1) is 15.9. The van der Waals surface area contributed by atoms with Crippen molar-refractivity contribution >= 4 is 43.4 Å². The van der Waals surface area contributed by atoms with Crippen molar-refractivity contribution in [1.82, 2.24) is 13.8 Å². The van der Waals surface area contributed by atoms with Crippen LogP contribution in [0.4, 0.5) is 0 Å². The third-order valence-electron chi connectivity index (χ3n) is 6.32. The minimum atomic E-state index is -3.54. The number of hydrogen-bond donors (Lipinski definition) is 1. The van der Waals surface area contributed by atoms with Gasteiger partial charge in [0.1, 0.15) is 0 Å². The molecule has 172 valence electrons. The lowest BCUT2D eigenvalue weighted by Crippen LogP contribution is -2.50. The molecule has 2 heterocycles. The van der Waals surface area contributed by atoms with Gasteiger partial charge in [0.25, 0.3) is 0 Å². The molecule has 8 heteroatoms. The smallest absolute Gasteiger partial charge is 0.243 e. The fraction of sp³-hybridized carbons (Fsp3) is 0.280. The number of hydrogen-bond acceptors (Lipinski definition) is 4. The number of halogens is 1. The van der Waals surface area contributed by atoms with Crippen LogP contribution < -0.4 is 0 Å². The zero-order valence-electron chi connectivity index (χ0n) is 18.1. The average Bonchev–Trinajstić information content (AvgIpc) is 3.13. The number of sulfonamides is 1. The van der Waals surface area contributed by atoms with Gasteiger partial charge in [-0.05, 0) is 36.4 Å². The molecule has 1 atom stereocenters. The summed E-state index contributed by atoms with van der Waals surface area (Å²) in [5, 5.41) is 13.8. The Hall–Kier alpha value is -2.42. The third-order valence-corrected chi connectivity index (χ3v) is 8.49. The highest BCUT2D eigenvalue weighted by Crippen LogP contribution is 2.29. The van der Waals surface area contributed by atoms with Gasteiger partial charge in [-0.3, -0.25) is 4.90 Å². The highest BCUT2D eigenvalue weighted by Gasteiger charge is 2.29. The van der Waals surface area contributed by atoms with E-state index in [0.29, 0.717) is 44.3 Å². The molecule has 0 unspecified atom stereocenters. The molecule has 0 radical (unpaired) electrons. The van der Waals surface area contributed by atoms with Gasteiger partial charge in [0, 0.05) is 59.6 Å². The van der Waals surface area contributed by atoms with Crippen molar-refractivity contribution in [3.8, 4) is 0 Å². The molecule has 1 fully saturated rings. The minimum Gasteiger partial charge on any atom is -0.390 e. The average molecular weight is 484 g/mol. The Morgan fingerprint density at radius 1 is 0.788 bits per heavy atom. The first kappa shape index (κ1) is 22.4. The SMILES string of the molecule is O=S(=O)(c1ccc(Cl)cc1)N1CCN(C[C@@H](O)Cn2c3ccccc3c3ccccc32)CC1. The number of para-hydroxylation sites is 2. The van der Waals surface area contributed by atoms with Crippen LogP contribution >= 0.6 is 11.6 Å². The molecule has 1 aliphatic rings. The molecule has 33 heavy (non-hydrogen) atoms. The van der Waals surface area contributed by atoms with Crippen LogP contribution in [-0.4, -0.2) is 66.1 Å². The normalized spacial score (nSPS) is 17.0. The number of aliphatic hydroxyl groups excluding tert-OH is 1. The number of piperazine rings is 1. The number of fused-ring (bicyclic) bond motifs is 3. The van der Waals surface area contributed by atoms with Gasteiger partial charge in [-0.15, -0.1) is 0 Å². The maximum atomic E-state index is 12.9. The third kappa shape index (κ3) is 4.39. The van der Waals surface area contributed by atoms with Crippen molar-refractivity contribution < 1.29 is 13.5 Å². The summed E-state index contributed by atoms with van der Waals surface area (Å²) in [7, 11) is -3.54. The van der Waals surface area contributed by atoms with Crippen molar-refractivity contribution in [3.05, 3.63) is 77.8 Å². The standard InChI is InChI=1S/C25H26ClN3O3S/c26-19-9-11-21(12-10-19)33(31,32)28-15-13-27(14-16-28)17-20(30)18-29-24-7-3-1-5-22(24)23-6-2-4-8-25(23)29/h1-12,20,30H,13-18H2/t20-/m1/s1. The molecule has 6 nitrogen and oxygen atoms in total. The summed E-state index contributed by atoms with van der Waals surface area (Å²) in [5.41, 5.74) is 2.22. The Bertz CT molecular complexity index is 1320. The van der Waals surface area contributed by atoms with E-state index < -0.39 is 16.1 Å². The molecule has 1 aromatic heterocycles. The summed E-state index contributed by atoms with van der Waals surface area (Å²) in [4.78, 5) is 2.39. The lowest BCUT2D eigenvalue weighted by molar-refractivity contribution is 0.0823. The molecule has 1 N–H and O–H groups in total. The summed E-state index contributed by atoms with van der Waals surface area (Å²) in [6.45, 7) is 2.93. The zero-order chi connectivity index (χ0) is 23.0. The fourth-order valence-electron chi connectivity index (χ4n) is 4.67. The van der Waals surface area contributed by atoms with E-state index in [2.05, 4.69) is 33.7 Å². The maximum absolute atomic E-state index is 12.9. The van der Waals surface area contributed by atoms with Crippen LogP contribution in [0.5, 0.6) is 0 Å². The molecular weight excluding hydrogens is 458 g/mol. The highest BCUT2D eigenvalue weighted by atomic mass is 35.5. The quantitative estimate of drug-likeness (QED) is 0.453. The zero-order valence-corrected chi connectivity index (χ0v) is 19.7. The van der Waals surface area contributed by atoms with E-state index in [-0.39, 0.29) is 4.90 Å². The van der Waals surface area contributed by atoms with Crippen LogP contribution in [0.2, 0.25) is 5.02 Å². The van der Waals surface area contributed by atoms with Crippen LogP contribution in [0.1, 0.15) is 0 Å². The second-order valence-electron chi connectivity index (χ2n) is 8.46. The molecule has 3 aromatic carbocycles. The van der Waals surface area contributed by atoms with E-state index in [1.807, 2.05) is 24.3 Å². The van der Waals surface area contributed by atoms with Crippen LogP contribution in [0.15, 0.2) is 77.7 Å². The van der Waals surface area contributed by atoms with E-state index in [1.165, 1.54) is 15.1 Å². The number of rotatable bonds is 6. The number of aliphatic hydroxyl groups is 1. The Balaban J connectivity index is 1.25. The van der Waals surface area contributed by atoms with E-state index in [4.69, 9.17) is 11.6 Å². The molecule has 4 aromatic rings. The Kier molecular flexibility index (Phi) is 6.16. The summed E-state index contributed by atoms with van der Waals surface area (Å²) in [5.74, 6) is 0. The molecule has 1 saturated heterocycles. The first-order valence-corrected chi connectivity index (χ1v) is 12.9. The van der Waals surface area contributed by atoms with Crippen LogP contribution in [-0.2, 0) is 16.6 Å². The van der Waals surface area contributed by atoms with Crippen LogP contribution in [0.3, 0.4) is 0 Å². The van der Waals surface area contributed by atoms with Crippen molar-refractivity contribution in [3.63, 3.8) is 0 Å². The lowest BCUT2D eigenvalue weighted by Gasteiger charge is -2.35. The second kappa shape index (κ2) is 9.08. The predicted octanol–water partition coefficient (Wildman–Crippen LogP) is 3.82. The molecule has 0 amide bonds. The molecule has 0 bridgehead atoms. The fourth-order valence-corrected chi connectivity index (χ4v) is 6.22. The Morgan fingerprint density at radius 3 is 1.91 bits per heavy atom. The van der Waals surface area contributed by atoms with Crippen LogP contribution in [0, 0.1) is 0 Å². The van der Waals surface area contributed by atoms with Crippen molar-refractivity contribution in [2.75, 3.05) is 32.7 Å². The van der Waals surface area contributed by atoms with Gasteiger partial charge < -0.3 is 9.67 Å². The minimum absolute atomic E-state index is 0.256. The molecule has 0 aliphatic carbocycles. The van der Waals surface area contributed by atoms with Gasteiger partial charge >= 0.3 is 0 Å². The van der Waals surface area contributed by atoms with E-state index in [0.717, 1.165) is 11.0 Å². The van der Waals surface area contributed by atoms with Gasteiger partial charge in [0.05, 0.1) is 17.5 Å². The number of β-amino-alcohol motifs (C(OH)–C–C–N with tert-alkyl or cyclic N) is 1. The van der Waals surface area contributed by atoms with E-state index in [1.54, 1.807) is 24.3 Å². The number of aromatic nitrogens is 1. The van der Waals surface area contributed by atoms with Gasteiger partial charge in [-0.25, -0.2) is 8.42 Å². The van der Waals surface area contributed by atoms with Crippen molar-refractivity contribution in [2.45, 2.75) is 17.5 Å². The molecule has 5 rings (SSSR count). The Morgan fingerprint density at radius 2 is 1.33 bits per heavy atom. The lowest BCUT2D eigenvalue weighted by atomic mass is 10.2. The topological polar surface area (TPSA) is 65.8 Å². The van der Waals surface area contributed by atoms with Gasteiger partial charge in [0.2, 0.25) is 10.0 Å². The number of nitrogens with zero attached hydrogens (tertiary/aromatic N) is 3. The Labute approximate surface area is 198 Å². The summed E-state index contributed by atoms with van der Waals surface area (Å²) in [6.07, 6.45) is -0.566. The summed E-state index contributed by atoms with van der Waals surface area (Å²) >= 11 is 5.89. The van der Waals surface area contributed by atoms with Crippen molar-refractivity contribution in [1.29, 1.82) is 0 Å². The van der Waals surface area contributed by atoms with Gasteiger partial charge in [0.15, 0.2) is 0 Å². The van der Waals surface area contributed by atoms with Gasteiger partial charge in [-0.1, -0.05) is 48.0 Å². The van der Waals surface area contributed by atoms with Crippen molar-refractivity contribution in [2.24, 2.45) is 0 Å². The van der Waals surface area contributed by atoms with E-state index >= 15 is 0 Å². The number of benzene rings is 3. The largest absolute Gasteiger partial charge is 0.390 e. The van der Waals surface area contributed by atoms with Gasteiger partial charge in [-0.2, -0.15) is 4.31 Å². The molecule has 0 spiro atoms. The summed E-state index contributed by atoms with van der Waals surface area (Å²) < 4.78 is 29.5. The van der Waals surface area contributed by atoms with Crippen LogP contribution in [0.25, 0.3) is 21.8 Å². The second-order valence-corrected chi connectivity index (χ2v) is 10.8. The maximum Gasteiger partial charge on any atom is 0.243 e. The highest BCUT2D eigenvalue weighted by molar-refractivity contribution is 7.89. The van der Waals surface area contributed by atoms with E-state index in [9.17, 15) is 13.5 Å². The first-order valence-electron chi connectivity index (χ1n) is 11.1. The summed E-state index contributed by atoms with van der Waals surface area (Å²) in [6, 6.07) is 22.8.